The molecule has 4 unspecified atom stereocenters. The molecule has 2 amide bonds. The molecule has 8 heteroatoms. The Morgan fingerprint density at radius 3 is 2.62 bits per heavy atom. The first-order valence-corrected chi connectivity index (χ1v) is 9.54. The van der Waals surface area contributed by atoms with Crippen LogP contribution in [0.5, 0.6) is 5.75 Å². The lowest BCUT2D eigenvalue weighted by Gasteiger charge is -2.38. The lowest BCUT2D eigenvalue weighted by Crippen LogP contribution is -2.62. The lowest BCUT2D eigenvalue weighted by atomic mass is 9.84. The zero-order valence-electron chi connectivity index (χ0n) is 16.0. The van der Waals surface area contributed by atoms with Gasteiger partial charge < -0.3 is 20.5 Å². The number of nitrogens with zero attached hydrogens (tertiary/aromatic N) is 1. The molecule has 2 aromatic rings. The maximum Gasteiger partial charge on any atom is 0.239 e. The molecule has 8 nitrogen and oxygen atoms in total. The predicted octanol–water partition coefficient (Wildman–Crippen LogP) is 0.703. The van der Waals surface area contributed by atoms with Crippen LogP contribution in [0.4, 0.5) is 5.69 Å². The second-order valence-corrected chi connectivity index (χ2v) is 7.28. The molecule has 2 heterocycles. The van der Waals surface area contributed by atoms with Crippen LogP contribution in [0, 0.1) is 11.8 Å². The number of amides is 2. The summed E-state index contributed by atoms with van der Waals surface area (Å²) in [6.07, 6.45) is -1.46. The summed E-state index contributed by atoms with van der Waals surface area (Å²) >= 11 is 0. The number of aliphatic hydroxyl groups excluding tert-OH is 1. The van der Waals surface area contributed by atoms with Gasteiger partial charge in [-0.25, -0.2) is 5.01 Å². The van der Waals surface area contributed by atoms with Gasteiger partial charge in [-0.2, -0.15) is 0 Å². The highest BCUT2D eigenvalue weighted by molar-refractivity contribution is 6.07. The van der Waals surface area contributed by atoms with Crippen molar-refractivity contribution in [2.24, 2.45) is 11.8 Å². The molecule has 0 bridgehead atoms. The third-order valence-electron chi connectivity index (χ3n) is 5.46. The smallest absolute Gasteiger partial charge is 0.239 e. The van der Waals surface area contributed by atoms with Crippen molar-refractivity contribution in [1.82, 2.24) is 15.8 Å². The maximum atomic E-state index is 12.7. The Bertz CT molecular complexity index is 874. The molecule has 2 saturated heterocycles. The molecule has 29 heavy (non-hydrogen) atoms. The van der Waals surface area contributed by atoms with Crippen LogP contribution in [0.25, 0.3) is 0 Å². The van der Waals surface area contributed by atoms with Crippen molar-refractivity contribution in [1.29, 1.82) is 0 Å². The summed E-state index contributed by atoms with van der Waals surface area (Å²) in [6, 6.07) is 16.7. The Kier molecular flexibility index (Phi) is 5.48. The number of aliphatic hydroxyl groups is 1. The predicted molar refractivity (Wildman–Crippen MR) is 107 cm³/mol. The summed E-state index contributed by atoms with van der Waals surface area (Å²) in [6.45, 7) is 1.06. The van der Waals surface area contributed by atoms with E-state index in [-0.39, 0.29) is 12.1 Å². The van der Waals surface area contributed by atoms with Crippen LogP contribution in [-0.4, -0.2) is 47.9 Å². The van der Waals surface area contributed by atoms with Crippen molar-refractivity contribution in [3.8, 4) is 5.75 Å². The molecular formula is C21H24N4O4. The number of benzene rings is 2. The fourth-order valence-electron chi connectivity index (χ4n) is 3.90. The maximum absolute atomic E-state index is 12.7. The Morgan fingerprint density at radius 1 is 1.21 bits per heavy atom. The van der Waals surface area contributed by atoms with E-state index in [0.29, 0.717) is 24.5 Å². The minimum absolute atomic E-state index is 0.289. The first-order chi connectivity index (χ1) is 14.1. The monoisotopic (exact) mass is 396 g/mol. The van der Waals surface area contributed by atoms with Crippen molar-refractivity contribution < 1.29 is 19.4 Å². The molecule has 2 aliphatic rings. The number of rotatable bonds is 5. The Balaban J connectivity index is 1.43. The molecule has 0 aliphatic carbocycles. The average molecular weight is 396 g/mol. The standard InChI is InChI=1S/C21H24N4O4/c1-29-15-9-7-14(8-10-15)23-20(27)17-18(26)16-11-22-25(19(16)24-21(17)28)12-13-5-3-2-4-6-13/h2-10,16-19,22,26H,11-12H2,1H3,(H,23,27)(H,24,28). The normalized spacial score (nSPS) is 26.5. The average Bonchev–Trinajstić information content (AvgIpc) is 3.12. The number of hydrazine groups is 1. The van der Waals surface area contributed by atoms with Gasteiger partial charge in [0.2, 0.25) is 11.8 Å². The van der Waals surface area contributed by atoms with Crippen LogP contribution in [0.1, 0.15) is 5.56 Å². The summed E-state index contributed by atoms with van der Waals surface area (Å²) in [4.78, 5) is 25.4. The highest BCUT2D eigenvalue weighted by Crippen LogP contribution is 2.29. The van der Waals surface area contributed by atoms with Crippen molar-refractivity contribution >= 4 is 17.5 Å². The number of piperidine rings is 1. The Morgan fingerprint density at radius 2 is 1.93 bits per heavy atom. The fraction of sp³-hybridized carbons (Fsp3) is 0.333. The molecule has 4 rings (SSSR count). The molecule has 0 spiro atoms. The molecular weight excluding hydrogens is 372 g/mol. The Labute approximate surface area is 168 Å². The van der Waals surface area contributed by atoms with Gasteiger partial charge in [-0.1, -0.05) is 30.3 Å². The molecule has 4 N–H and O–H groups in total. The molecule has 2 aliphatic heterocycles. The van der Waals surface area contributed by atoms with Gasteiger partial charge in [-0.3, -0.25) is 15.0 Å². The minimum Gasteiger partial charge on any atom is -0.497 e. The largest absolute Gasteiger partial charge is 0.497 e. The van der Waals surface area contributed by atoms with Gasteiger partial charge in [-0.15, -0.1) is 0 Å². The molecule has 0 aromatic heterocycles. The van der Waals surface area contributed by atoms with Gasteiger partial charge >= 0.3 is 0 Å². The van der Waals surface area contributed by atoms with Gasteiger partial charge in [0.25, 0.3) is 0 Å². The van der Waals surface area contributed by atoms with E-state index >= 15 is 0 Å². The highest BCUT2D eigenvalue weighted by Gasteiger charge is 2.51. The van der Waals surface area contributed by atoms with Crippen molar-refractivity contribution in [3.63, 3.8) is 0 Å². The molecule has 2 fully saturated rings. The van der Waals surface area contributed by atoms with E-state index in [1.54, 1.807) is 31.4 Å². The topological polar surface area (TPSA) is 103 Å². The molecule has 2 aromatic carbocycles. The molecule has 0 radical (unpaired) electrons. The van der Waals surface area contributed by atoms with Crippen LogP contribution in [0.15, 0.2) is 54.6 Å². The van der Waals surface area contributed by atoms with Gasteiger partial charge in [0, 0.05) is 24.7 Å². The van der Waals surface area contributed by atoms with Gasteiger partial charge in [0.1, 0.15) is 17.8 Å². The SMILES string of the molecule is COc1ccc(NC(=O)C2C(=O)NC3C(CNN3Cc3ccccc3)C2O)cc1. The van der Waals surface area contributed by atoms with Gasteiger partial charge in [0.05, 0.1) is 13.2 Å². The van der Waals surface area contributed by atoms with Crippen LogP contribution < -0.4 is 20.8 Å². The van der Waals surface area contributed by atoms with Crippen LogP contribution in [0.3, 0.4) is 0 Å². The molecule has 0 saturated carbocycles. The number of hydrogen-bond donors (Lipinski definition) is 4. The quantitative estimate of drug-likeness (QED) is 0.555. The van der Waals surface area contributed by atoms with Crippen LogP contribution in [-0.2, 0) is 16.1 Å². The van der Waals surface area contributed by atoms with Crippen molar-refractivity contribution in [2.45, 2.75) is 18.8 Å². The summed E-state index contributed by atoms with van der Waals surface area (Å²) < 4.78 is 5.10. The second kappa shape index (κ2) is 8.20. The number of carbonyl (C=O) groups excluding carboxylic acids is 2. The fourth-order valence-corrected chi connectivity index (χ4v) is 3.90. The van der Waals surface area contributed by atoms with Crippen molar-refractivity contribution in [2.75, 3.05) is 19.0 Å². The number of methoxy groups -OCH3 is 1. The van der Waals surface area contributed by atoms with E-state index in [4.69, 9.17) is 4.74 Å². The third kappa shape index (κ3) is 3.95. The first-order valence-electron chi connectivity index (χ1n) is 9.54. The van der Waals surface area contributed by atoms with Crippen LogP contribution in [0.2, 0.25) is 0 Å². The zero-order valence-corrected chi connectivity index (χ0v) is 16.0. The van der Waals surface area contributed by atoms with E-state index in [9.17, 15) is 14.7 Å². The number of nitrogens with one attached hydrogen (secondary N) is 3. The number of hydrogen-bond acceptors (Lipinski definition) is 6. The van der Waals surface area contributed by atoms with Gasteiger partial charge in [-0.05, 0) is 29.8 Å². The summed E-state index contributed by atoms with van der Waals surface area (Å²) in [5.41, 5.74) is 4.86. The van der Waals surface area contributed by atoms with E-state index in [0.717, 1.165) is 5.56 Å². The molecule has 152 valence electrons. The second-order valence-electron chi connectivity index (χ2n) is 7.28. The van der Waals surface area contributed by atoms with E-state index in [1.165, 1.54) is 0 Å². The zero-order chi connectivity index (χ0) is 20.4. The Hall–Kier alpha value is -2.94. The summed E-state index contributed by atoms with van der Waals surface area (Å²) in [5, 5.41) is 18.3. The van der Waals surface area contributed by atoms with E-state index in [1.807, 2.05) is 35.3 Å². The highest BCUT2D eigenvalue weighted by atomic mass is 16.5. The molecule has 4 atom stereocenters. The van der Waals surface area contributed by atoms with Gasteiger partial charge in [0.15, 0.2) is 0 Å². The minimum atomic E-state index is -1.17. The summed E-state index contributed by atoms with van der Waals surface area (Å²) in [7, 11) is 1.56. The van der Waals surface area contributed by atoms with E-state index in [2.05, 4.69) is 16.1 Å². The van der Waals surface area contributed by atoms with Crippen molar-refractivity contribution in [3.05, 3.63) is 60.2 Å². The first kappa shape index (κ1) is 19.4. The number of ether oxygens (including phenoxy) is 1. The van der Waals surface area contributed by atoms with Crippen LogP contribution >= 0.6 is 0 Å². The number of anilines is 1. The third-order valence-corrected chi connectivity index (χ3v) is 5.46. The number of carbonyl (C=O) groups is 2. The summed E-state index contributed by atoms with van der Waals surface area (Å²) in [5.74, 6) is -1.80. The van der Waals surface area contributed by atoms with E-state index < -0.39 is 23.8 Å². The lowest BCUT2D eigenvalue weighted by molar-refractivity contribution is -0.146. The number of fused-ring (bicyclic) bond motifs is 1.